The van der Waals surface area contributed by atoms with E-state index in [9.17, 15) is 9.18 Å². The van der Waals surface area contributed by atoms with Crippen LogP contribution in [0.15, 0.2) is 18.2 Å². The minimum absolute atomic E-state index is 0.0667. The Hall–Kier alpha value is -1.69. The Morgan fingerprint density at radius 3 is 2.74 bits per heavy atom. The van der Waals surface area contributed by atoms with Crippen LogP contribution >= 0.6 is 12.2 Å². The first-order valence-corrected chi connectivity index (χ1v) is 6.30. The summed E-state index contributed by atoms with van der Waals surface area (Å²) in [6.07, 6.45) is -0.626. The van der Waals surface area contributed by atoms with Crippen LogP contribution in [0.25, 0.3) is 0 Å². The van der Waals surface area contributed by atoms with Crippen LogP contribution in [0.1, 0.15) is 19.4 Å². The van der Waals surface area contributed by atoms with Crippen LogP contribution in [-0.2, 0) is 4.74 Å². The molecule has 0 heterocycles. The number of thiocarbonyl (C=S) groups is 1. The first kappa shape index (κ1) is 15.4. The molecule has 0 radical (unpaired) electrons. The highest BCUT2D eigenvalue weighted by atomic mass is 32.1. The Kier molecular flexibility index (Phi) is 5.69. The van der Waals surface area contributed by atoms with Gasteiger partial charge < -0.3 is 10.1 Å². The molecule has 0 aromatic heterocycles. The lowest BCUT2D eigenvalue weighted by Crippen LogP contribution is -2.35. The molecule has 0 aliphatic heterocycles. The van der Waals surface area contributed by atoms with Gasteiger partial charge in [-0.15, -0.1) is 0 Å². The normalized spacial score (nSPS) is 10.2. The van der Waals surface area contributed by atoms with Gasteiger partial charge in [-0.3, -0.25) is 5.32 Å². The van der Waals surface area contributed by atoms with Gasteiger partial charge in [-0.05, 0) is 42.8 Å². The monoisotopic (exact) mass is 284 g/mol. The number of benzene rings is 1. The Morgan fingerprint density at radius 2 is 2.16 bits per heavy atom. The molecule has 1 aromatic carbocycles. The van der Waals surface area contributed by atoms with Gasteiger partial charge in [0, 0.05) is 5.69 Å². The molecule has 2 N–H and O–H groups in total. The number of amides is 1. The third-order valence-corrected chi connectivity index (χ3v) is 2.40. The van der Waals surface area contributed by atoms with Crippen LogP contribution in [0, 0.1) is 18.7 Å². The van der Waals surface area contributed by atoms with Crippen molar-refractivity contribution in [3.8, 4) is 0 Å². The van der Waals surface area contributed by atoms with Crippen LogP contribution < -0.4 is 10.6 Å². The second-order valence-corrected chi connectivity index (χ2v) is 4.94. The molecule has 0 aliphatic carbocycles. The van der Waals surface area contributed by atoms with E-state index < -0.39 is 6.09 Å². The van der Waals surface area contributed by atoms with Crippen molar-refractivity contribution < 1.29 is 13.9 Å². The SMILES string of the molecule is Cc1ccc(NC(=S)NC(=O)OCC(C)C)cc1F. The standard InChI is InChI=1S/C13H17FN2O2S/c1-8(2)7-18-13(17)16-12(19)15-10-5-4-9(3)11(14)6-10/h4-6,8H,7H2,1-3H3,(H2,15,16,17,19). The molecule has 4 nitrogen and oxygen atoms in total. The molecule has 0 atom stereocenters. The van der Waals surface area contributed by atoms with Crippen molar-refractivity contribution in [2.24, 2.45) is 5.92 Å². The topological polar surface area (TPSA) is 50.4 Å². The van der Waals surface area contributed by atoms with E-state index in [1.54, 1.807) is 19.1 Å². The molecule has 6 heteroatoms. The third kappa shape index (κ3) is 5.65. The molecule has 0 fully saturated rings. The zero-order valence-electron chi connectivity index (χ0n) is 11.1. The number of rotatable bonds is 3. The summed E-state index contributed by atoms with van der Waals surface area (Å²) in [4.78, 5) is 11.3. The summed E-state index contributed by atoms with van der Waals surface area (Å²) in [5.74, 6) is -0.0892. The van der Waals surface area contributed by atoms with E-state index >= 15 is 0 Å². The Bertz CT molecular complexity index is 478. The molecular weight excluding hydrogens is 267 g/mol. The van der Waals surface area contributed by atoms with Crippen molar-refractivity contribution in [3.05, 3.63) is 29.6 Å². The van der Waals surface area contributed by atoms with E-state index in [0.717, 1.165) is 0 Å². The van der Waals surface area contributed by atoms with Gasteiger partial charge in [0.1, 0.15) is 5.82 Å². The molecule has 1 amide bonds. The van der Waals surface area contributed by atoms with Crippen LogP contribution in [0.3, 0.4) is 0 Å². The van der Waals surface area contributed by atoms with Crippen LogP contribution in [0.5, 0.6) is 0 Å². The molecular formula is C13H17FN2O2S. The summed E-state index contributed by atoms with van der Waals surface area (Å²) < 4.78 is 18.2. The van der Waals surface area contributed by atoms with Gasteiger partial charge >= 0.3 is 6.09 Å². The number of nitrogens with one attached hydrogen (secondary N) is 2. The average molecular weight is 284 g/mol. The summed E-state index contributed by atoms with van der Waals surface area (Å²) in [6, 6.07) is 4.60. The van der Waals surface area contributed by atoms with Crippen LogP contribution in [0.2, 0.25) is 0 Å². The second kappa shape index (κ2) is 7.04. The first-order valence-electron chi connectivity index (χ1n) is 5.89. The maximum atomic E-state index is 13.3. The highest BCUT2D eigenvalue weighted by Gasteiger charge is 2.07. The fraction of sp³-hybridized carbons (Fsp3) is 0.385. The zero-order valence-corrected chi connectivity index (χ0v) is 11.9. The van der Waals surface area contributed by atoms with Gasteiger partial charge in [0.25, 0.3) is 0 Å². The minimum Gasteiger partial charge on any atom is -0.449 e. The second-order valence-electron chi connectivity index (χ2n) is 4.54. The minimum atomic E-state index is -0.626. The van der Waals surface area contributed by atoms with Crippen molar-refractivity contribution >= 4 is 29.1 Å². The number of anilines is 1. The van der Waals surface area contributed by atoms with Gasteiger partial charge in [-0.25, -0.2) is 9.18 Å². The zero-order chi connectivity index (χ0) is 14.4. The van der Waals surface area contributed by atoms with E-state index in [-0.39, 0.29) is 16.8 Å². The van der Waals surface area contributed by atoms with Gasteiger partial charge in [0.2, 0.25) is 0 Å². The van der Waals surface area contributed by atoms with E-state index in [0.29, 0.717) is 17.9 Å². The quantitative estimate of drug-likeness (QED) is 0.837. The van der Waals surface area contributed by atoms with E-state index in [2.05, 4.69) is 10.6 Å². The van der Waals surface area contributed by atoms with Crippen LogP contribution in [0.4, 0.5) is 14.9 Å². The van der Waals surface area contributed by atoms with Crippen LogP contribution in [-0.4, -0.2) is 17.8 Å². The summed E-state index contributed by atoms with van der Waals surface area (Å²) in [6.45, 7) is 5.84. The predicted octanol–water partition coefficient (Wildman–Crippen LogP) is 3.21. The molecule has 19 heavy (non-hydrogen) atoms. The maximum absolute atomic E-state index is 13.3. The molecule has 0 unspecified atom stereocenters. The van der Waals surface area contributed by atoms with E-state index in [1.165, 1.54) is 6.07 Å². The Labute approximate surface area is 117 Å². The summed E-state index contributed by atoms with van der Waals surface area (Å²) in [5, 5.41) is 5.13. The fourth-order valence-corrected chi connectivity index (χ4v) is 1.41. The fourth-order valence-electron chi connectivity index (χ4n) is 1.20. The summed E-state index contributed by atoms with van der Waals surface area (Å²) in [5.41, 5.74) is 1.01. The summed E-state index contributed by atoms with van der Waals surface area (Å²) in [7, 11) is 0. The molecule has 0 saturated carbocycles. The van der Waals surface area contributed by atoms with Crippen molar-refractivity contribution in [1.82, 2.24) is 5.32 Å². The lowest BCUT2D eigenvalue weighted by atomic mass is 10.2. The molecule has 104 valence electrons. The number of hydrogen-bond donors (Lipinski definition) is 2. The Morgan fingerprint density at radius 1 is 1.47 bits per heavy atom. The number of carbonyl (C=O) groups is 1. The van der Waals surface area contributed by atoms with E-state index in [4.69, 9.17) is 17.0 Å². The average Bonchev–Trinajstić information content (AvgIpc) is 2.31. The van der Waals surface area contributed by atoms with Gasteiger partial charge in [0.05, 0.1) is 6.61 Å². The largest absolute Gasteiger partial charge is 0.449 e. The summed E-state index contributed by atoms with van der Waals surface area (Å²) >= 11 is 4.92. The number of hydrogen-bond acceptors (Lipinski definition) is 3. The van der Waals surface area contributed by atoms with E-state index in [1.807, 2.05) is 13.8 Å². The number of halogens is 1. The molecule has 0 aliphatic rings. The van der Waals surface area contributed by atoms with Gasteiger partial charge in [-0.1, -0.05) is 19.9 Å². The molecule has 1 rings (SSSR count). The third-order valence-electron chi connectivity index (χ3n) is 2.19. The van der Waals surface area contributed by atoms with Crippen molar-refractivity contribution in [3.63, 3.8) is 0 Å². The first-order chi connectivity index (χ1) is 8.88. The van der Waals surface area contributed by atoms with Gasteiger partial charge in [0.15, 0.2) is 5.11 Å². The van der Waals surface area contributed by atoms with Crippen molar-refractivity contribution in [1.29, 1.82) is 0 Å². The molecule has 0 spiro atoms. The lowest BCUT2D eigenvalue weighted by Gasteiger charge is -2.11. The lowest BCUT2D eigenvalue weighted by molar-refractivity contribution is 0.138. The van der Waals surface area contributed by atoms with Crippen molar-refractivity contribution in [2.45, 2.75) is 20.8 Å². The highest BCUT2D eigenvalue weighted by Crippen LogP contribution is 2.13. The smallest absolute Gasteiger partial charge is 0.413 e. The maximum Gasteiger partial charge on any atom is 0.413 e. The van der Waals surface area contributed by atoms with Gasteiger partial charge in [-0.2, -0.15) is 0 Å². The predicted molar refractivity (Wildman–Crippen MR) is 76.7 cm³/mol. The number of ether oxygens (including phenoxy) is 1. The molecule has 0 saturated heterocycles. The number of aryl methyl sites for hydroxylation is 1. The number of alkyl carbamates (subject to hydrolysis) is 1. The highest BCUT2D eigenvalue weighted by molar-refractivity contribution is 7.80. The Balaban J connectivity index is 2.46. The molecule has 1 aromatic rings. The number of carbonyl (C=O) groups excluding carboxylic acids is 1. The molecule has 0 bridgehead atoms. The van der Waals surface area contributed by atoms with Crippen molar-refractivity contribution in [2.75, 3.05) is 11.9 Å².